The maximum Gasteiger partial charge on any atom is 0.204 e. The van der Waals surface area contributed by atoms with Crippen LogP contribution in [0, 0.1) is 3.95 Å². The molecule has 2 aromatic rings. The lowest BCUT2D eigenvalue weighted by atomic mass is 10.2. The van der Waals surface area contributed by atoms with E-state index in [0.717, 1.165) is 47.0 Å². The Morgan fingerprint density at radius 3 is 2.82 bits per heavy atom. The van der Waals surface area contributed by atoms with Crippen LogP contribution in [0.25, 0.3) is 0 Å². The van der Waals surface area contributed by atoms with Crippen molar-refractivity contribution in [3.05, 3.63) is 33.2 Å². The first-order valence-electron chi connectivity index (χ1n) is 7.25. The van der Waals surface area contributed by atoms with Gasteiger partial charge in [-0.2, -0.15) is 4.68 Å². The van der Waals surface area contributed by atoms with Crippen molar-refractivity contribution >= 4 is 46.0 Å². The van der Waals surface area contributed by atoms with Gasteiger partial charge in [-0.15, -0.1) is 5.10 Å². The minimum absolute atomic E-state index is 0.792. The second-order valence-electron chi connectivity index (χ2n) is 5.30. The molecule has 0 bridgehead atoms. The molecule has 2 heterocycles. The third kappa shape index (κ3) is 3.60. The lowest BCUT2D eigenvalue weighted by molar-refractivity contribution is -0.924. The number of hydrogen-bond donors (Lipinski definition) is 2. The Morgan fingerprint density at radius 1 is 1.41 bits per heavy atom. The van der Waals surface area contributed by atoms with Crippen molar-refractivity contribution in [1.29, 1.82) is 0 Å². The van der Waals surface area contributed by atoms with E-state index in [1.165, 1.54) is 21.9 Å². The summed E-state index contributed by atoms with van der Waals surface area (Å²) < 4.78 is 2.75. The quantitative estimate of drug-likeness (QED) is 0.818. The van der Waals surface area contributed by atoms with Gasteiger partial charge in [-0.1, -0.05) is 29.0 Å². The molecule has 1 saturated heterocycles. The first-order chi connectivity index (χ1) is 10.7. The molecule has 3 rings (SSSR count). The van der Waals surface area contributed by atoms with E-state index in [9.17, 15) is 0 Å². The van der Waals surface area contributed by atoms with Crippen LogP contribution < -0.4 is 15.1 Å². The maximum atomic E-state index is 6.07. The Labute approximate surface area is 144 Å². The summed E-state index contributed by atoms with van der Waals surface area (Å²) in [6, 6.07) is 8.07. The number of halogens is 1. The van der Waals surface area contributed by atoms with Gasteiger partial charge in [0.1, 0.15) is 0 Å². The van der Waals surface area contributed by atoms with Gasteiger partial charge in [0.25, 0.3) is 0 Å². The molecule has 0 radical (unpaired) electrons. The standard InChI is InChI=1S/C14H18ClN5S2/c1-16-13-17-20(14(21)22-13)10-18-5-7-19(8-6-18)12-4-2-3-11(15)9-12/h2-4,9H,5-8,10H2,1H3,(H,16,17)/p+1. The van der Waals surface area contributed by atoms with Crippen LogP contribution in [0.1, 0.15) is 0 Å². The number of rotatable bonds is 4. The highest BCUT2D eigenvalue weighted by Gasteiger charge is 2.21. The van der Waals surface area contributed by atoms with E-state index in [-0.39, 0.29) is 0 Å². The molecular weight excluding hydrogens is 338 g/mol. The molecule has 1 aromatic heterocycles. The summed E-state index contributed by atoms with van der Waals surface area (Å²) in [7, 11) is 1.87. The fourth-order valence-electron chi connectivity index (χ4n) is 2.63. The van der Waals surface area contributed by atoms with Crippen molar-refractivity contribution in [2.24, 2.45) is 0 Å². The third-order valence-electron chi connectivity index (χ3n) is 3.84. The highest BCUT2D eigenvalue weighted by atomic mass is 35.5. The summed E-state index contributed by atoms with van der Waals surface area (Å²) in [6.07, 6.45) is 0. The van der Waals surface area contributed by atoms with Crippen molar-refractivity contribution in [2.75, 3.05) is 43.4 Å². The van der Waals surface area contributed by atoms with Crippen LogP contribution in [0.5, 0.6) is 0 Å². The molecule has 0 amide bonds. The van der Waals surface area contributed by atoms with Crippen molar-refractivity contribution in [2.45, 2.75) is 6.67 Å². The Morgan fingerprint density at radius 2 is 2.18 bits per heavy atom. The topological polar surface area (TPSA) is 37.5 Å². The number of nitrogens with zero attached hydrogens (tertiary/aromatic N) is 3. The second-order valence-corrected chi connectivity index (χ2v) is 7.36. The maximum absolute atomic E-state index is 6.07. The van der Waals surface area contributed by atoms with Gasteiger partial charge < -0.3 is 15.1 Å². The normalized spacial score (nSPS) is 16.0. The van der Waals surface area contributed by atoms with Crippen LogP contribution in [0.15, 0.2) is 24.3 Å². The Kier molecular flexibility index (Phi) is 4.97. The molecule has 5 nitrogen and oxygen atoms in total. The second kappa shape index (κ2) is 6.95. The zero-order valence-electron chi connectivity index (χ0n) is 12.4. The largest absolute Gasteiger partial charge is 0.363 e. The fourth-order valence-corrected chi connectivity index (χ4v) is 3.78. The Balaban J connectivity index is 1.59. The van der Waals surface area contributed by atoms with Crippen LogP contribution in [-0.2, 0) is 6.67 Å². The predicted octanol–water partition coefficient (Wildman–Crippen LogP) is 1.73. The van der Waals surface area contributed by atoms with Gasteiger partial charge in [0, 0.05) is 17.8 Å². The van der Waals surface area contributed by atoms with E-state index in [1.54, 1.807) is 0 Å². The molecule has 0 atom stereocenters. The average Bonchev–Trinajstić information content (AvgIpc) is 2.88. The van der Waals surface area contributed by atoms with Crippen LogP contribution in [-0.4, -0.2) is 43.0 Å². The van der Waals surface area contributed by atoms with Gasteiger partial charge in [0.05, 0.1) is 26.2 Å². The van der Waals surface area contributed by atoms with Crippen molar-refractivity contribution in [1.82, 2.24) is 9.78 Å². The molecule has 0 aliphatic carbocycles. The summed E-state index contributed by atoms with van der Waals surface area (Å²) in [5, 5.41) is 9.20. The van der Waals surface area contributed by atoms with E-state index in [2.05, 4.69) is 21.4 Å². The SMILES string of the molecule is CNc1nn(C[NH+]2CCN(c3cccc(Cl)c3)CC2)c(=S)s1. The summed E-state index contributed by atoms with van der Waals surface area (Å²) in [5.74, 6) is 0. The molecule has 1 aliphatic rings. The van der Waals surface area contributed by atoms with E-state index >= 15 is 0 Å². The first kappa shape index (κ1) is 15.7. The number of benzene rings is 1. The Hall–Kier alpha value is -1.15. The van der Waals surface area contributed by atoms with E-state index in [0.29, 0.717) is 0 Å². The number of aromatic nitrogens is 2. The lowest BCUT2D eigenvalue weighted by Gasteiger charge is -2.33. The van der Waals surface area contributed by atoms with E-state index in [1.807, 2.05) is 29.9 Å². The molecule has 1 aromatic carbocycles. The summed E-state index contributed by atoms with van der Waals surface area (Å²) in [4.78, 5) is 3.89. The molecule has 22 heavy (non-hydrogen) atoms. The Bertz CT molecular complexity index is 691. The van der Waals surface area contributed by atoms with Gasteiger partial charge in [0.15, 0.2) is 10.6 Å². The first-order valence-corrected chi connectivity index (χ1v) is 8.86. The minimum atomic E-state index is 0.792. The van der Waals surface area contributed by atoms with Crippen molar-refractivity contribution < 1.29 is 4.90 Å². The van der Waals surface area contributed by atoms with Crippen molar-refractivity contribution in [3.63, 3.8) is 0 Å². The average molecular weight is 357 g/mol. The van der Waals surface area contributed by atoms with E-state index in [4.69, 9.17) is 23.8 Å². The molecule has 118 valence electrons. The van der Waals surface area contributed by atoms with Gasteiger partial charge in [-0.05, 0) is 30.4 Å². The van der Waals surface area contributed by atoms with Gasteiger partial charge in [-0.3, -0.25) is 0 Å². The number of piperazine rings is 1. The van der Waals surface area contributed by atoms with Crippen LogP contribution in [0.3, 0.4) is 0 Å². The fraction of sp³-hybridized carbons (Fsp3) is 0.429. The van der Waals surface area contributed by atoms with Gasteiger partial charge >= 0.3 is 0 Å². The van der Waals surface area contributed by atoms with Crippen molar-refractivity contribution in [3.8, 4) is 0 Å². The molecule has 0 saturated carbocycles. The number of quaternary nitrogens is 1. The molecule has 2 N–H and O–H groups in total. The molecule has 1 fully saturated rings. The summed E-state index contributed by atoms with van der Waals surface area (Å²) in [6.45, 7) is 5.01. The predicted molar refractivity (Wildman–Crippen MR) is 94.8 cm³/mol. The van der Waals surface area contributed by atoms with Crippen LogP contribution in [0.4, 0.5) is 10.8 Å². The third-order valence-corrected chi connectivity index (χ3v) is 5.40. The highest BCUT2D eigenvalue weighted by molar-refractivity contribution is 7.73. The monoisotopic (exact) mass is 356 g/mol. The molecule has 0 spiro atoms. The summed E-state index contributed by atoms with van der Waals surface area (Å²) >= 11 is 13.0. The van der Waals surface area contributed by atoms with Crippen LogP contribution in [0.2, 0.25) is 5.02 Å². The van der Waals surface area contributed by atoms with Gasteiger partial charge in [0.2, 0.25) is 5.13 Å². The number of anilines is 2. The van der Waals surface area contributed by atoms with E-state index < -0.39 is 0 Å². The lowest BCUT2D eigenvalue weighted by Crippen LogP contribution is -3.14. The van der Waals surface area contributed by atoms with Gasteiger partial charge in [-0.25, -0.2) is 0 Å². The smallest absolute Gasteiger partial charge is 0.204 e. The molecule has 0 unspecified atom stereocenters. The zero-order valence-corrected chi connectivity index (χ0v) is 14.8. The molecule has 8 heteroatoms. The highest BCUT2D eigenvalue weighted by Crippen LogP contribution is 2.19. The molecular formula is C14H19ClN5S2+. The molecule has 1 aliphatic heterocycles. The number of nitrogens with one attached hydrogen (secondary N) is 2. The number of hydrogen-bond acceptors (Lipinski definition) is 5. The van der Waals surface area contributed by atoms with Crippen LogP contribution >= 0.6 is 35.2 Å². The zero-order chi connectivity index (χ0) is 15.5. The summed E-state index contributed by atoms with van der Waals surface area (Å²) in [5.41, 5.74) is 1.20. The minimum Gasteiger partial charge on any atom is -0.363 e.